The van der Waals surface area contributed by atoms with Gasteiger partial charge in [0.05, 0.1) is 6.10 Å². The van der Waals surface area contributed by atoms with Gasteiger partial charge in [0.1, 0.15) is 6.29 Å². The van der Waals surface area contributed by atoms with E-state index in [2.05, 4.69) is 0 Å². The van der Waals surface area contributed by atoms with Gasteiger partial charge in [0, 0.05) is 28.9 Å². The molecule has 0 aromatic heterocycles. The van der Waals surface area contributed by atoms with E-state index >= 15 is 0 Å². The zero-order valence-electron chi connectivity index (χ0n) is 11.5. The van der Waals surface area contributed by atoms with Gasteiger partial charge in [-0.15, -0.1) is 0 Å². The van der Waals surface area contributed by atoms with E-state index < -0.39 is 22.9 Å². The molecule has 0 heterocycles. The summed E-state index contributed by atoms with van der Waals surface area (Å²) in [5.41, 5.74) is -0.957. The van der Waals surface area contributed by atoms with Gasteiger partial charge in [-0.1, -0.05) is 6.92 Å². The summed E-state index contributed by atoms with van der Waals surface area (Å²) in [4.78, 5) is 22.8. The quantitative estimate of drug-likeness (QED) is 0.658. The van der Waals surface area contributed by atoms with E-state index in [0.717, 1.165) is 12.7 Å². The second-order valence-corrected chi connectivity index (χ2v) is 6.78. The highest BCUT2D eigenvalue weighted by Crippen LogP contribution is 2.70. The number of aldehydes is 1. The predicted molar refractivity (Wildman–Crippen MR) is 69.7 cm³/mol. The molecule has 5 heteroatoms. The van der Waals surface area contributed by atoms with Crippen molar-refractivity contribution < 1.29 is 24.9 Å². The average Bonchev–Trinajstić information content (AvgIpc) is 2.88. The van der Waals surface area contributed by atoms with Crippen LogP contribution in [-0.2, 0) is 9.59 Å². The van der Waals surface area contributed by atoms with E-state index in [4.69, 9.17) is 0 Å². The molecule has 3 unspecified atom stereocenters. The van der Waals surface area contributed by atoms with Crippen LogP contribution in [0.4, 0.5) is 0 Å². The third-order valence-electron chi connectivity index (χ3n) is 6.27. The molecule has 0 radical (unpaired) electrons. The van der Waals surface area contributed by atoms with Crippen LogP contribution in [0.2, 0.25) is 0 Å². The molecule has 3 rings (SSSR count). The second-order valence-electron chi connectivity index (χ2n) is 6.78. The Morgan fingerprint density at radius 3 is 2.75 bits per heavy atom. The number of carbonyl (C=O) groups is 2. The van der Waals surface area contributed by atoms with Crippen LogP contribution >= 0.6 is 0 Å². The number of hydrogen-bond acceptors (Lipinski definition) is 4. The molecule has 0 aromatic rings. The summed E-state index contributed by atoms with van der Waals surface area (Å²) in [6, 6.07) is 0. The first-order valence-corrected chi connectivity index (χ1v) is 7.11. The minimum absolute atomic E-state index is 0.0108. The highest BCUT2D eigenvalue weighted by atomic mass is 16.4. The highest BCUT2D eigenvalue weighted by Gasteiger charge is 2.69. The number of carboxylic acid groups (broad SMARTS) is 1. The monoisotopic (exact) mass is 280 g/mol. The normalized spacial score (nSPS) is 49.6. The van der Waals surface area contributed by atoms with E-state index in [0.29, 0.717) is 12.8 Å². The van der Waals surface area contributed by atoms with Gasteiger partial charge in [0.15, 0.2) is 0 Å². The zero-order chi connectivity index (χ0) is 14.7. The van der Waals surface area contributed by atoms with Crippen molar-refractivity contribution in [3.8, 4) is 0 Å². The van der Waals surface area contributed by atoms with Gasteiger partial charge in [-0.2, -0.15) is 0 Å². The molecule has 6 atom stereocenters. The Balaban J connectivity index is 2.17. The van der Waals surface area contributed by atoms with Gasteiger partial charge in [-0.3, -0.25) is 0 Å². The summed E-state index contributed by atoms with van der Waals surface area (Å²) >= 11 is 0. The third kappa shape index (κ3) is 1.35. The lowest BCUT2D eigenvalue weighted by molar-refractivity contribution is -0.134. The zero-order valence-corrected chi connectivity index (χ0v) is 11.5. The molecular weight excluding hydrogens is 260 g/mol. The first-order chi connectivity index (χ1) is 9.41. The van der Waals surface area contributed by atoms with E-state index in [1.165, 1.54) is 6.08 Å². The summed E-state index contributed by atoms with van der Waals surface area (Å²) < 4.78 is 0. The maximum absolute atomic E-state index is 11.4. The fourth-order valence-corrected chi connectivity index (χ4v) is 5.30. The van der Waals surface area contributed by atoms with Crippen molar-refractivity contribution in [3.05, 3.63) is 11.6 Å². The fourth-order valence-electron chi connectivity index (χ4n) is 5.30. The number of hydrogen-bond donors (Lipinski definition) is 3. The Labute approximate surface area is 117 Å². The highest BCUT2D eigenvalue weighted by molar-refractivity contribution is 5.88. The van der Waals surface area contributed by atoms with Crippen molar-refractivity contribution in [1.82, 2.24) is 0 Å². The Morgan fingerprint density at radius 2 is 2.20 bits per heavy atom. The summed E-state index contributed by atoms with van der Waals surface area (Å²) in [6.07, 6.45) is 3.35. The Morgan fingerprint density at radius 1 is 1.50 bits per heavy atom. The fraction of sp³-hybridized carbons (Fsp3) is 0.733. The molecule has 3 N–H and O–H groups in total. The molecule has 110 valence electrons. The Kier molecular flexibility index (Phi) is 2.86. The van der Waals surface area contributed by atoms with Crippen molar-refractivity contribution in [2.45, 2.75) is 32.3 Å². The van der Waals surface area contributed by atoms with Crippen molar-refractivity contribution in [3.63, 3.8) is 0 Å². The number of carboxylic acids is 1. The minimum atomic E-state index is -1.04. The maximum atomic E-state index is 11.4. The molecule has 1 spiro atoms. The average molecular weight is 280 g/mol. The Bertz CT molecular complexity index is 498. The van der Waals surface area contributed by atoms with E-state index in [-0.39, 0.29) is 29.9 Å². The number of fused-ring (bicyclic) bond motifs is 1. The van der Waals surface area contributed by atoms with Gasteiger partial charge in [0.2, 0.25) is 0 Å². The van der Waals surface area contributed by atoms with E-state index in [1.54, 1.807) is 0 Å². The lowest BCUT2D eigenvalue weighted by Crippen LogP contribution is -2.43. The van der Waals surface area contributed by atoms with Crippen molar-refractivity contribution >= 4 is 12.3 Å². The van der Waals surface area contributed by atoms with Gasteiger partial charge >= 0.3 is 5.97 Å². The lowest BCUT2D eigenvalue weighted by atomic mass is 9.66. The standard InChI is InChI=1S/C15H20O5/c1-14(7-17)10-5-15(8(6-16)2-3-11(14)15)12(18)4-9(10)13(19)20/h4,6,8,10-12,17-18H,2-3,5,7H2,1H3,(H,19,20)/t8?,10?,11-,12-,14+,15?/m0/s1. The SMILES string of the molecule is C[C@@]1(CO)C2CC3(C(C=O)CC[C@H]31)[C@@H](O)C=C2C(=O)O. The molecule has 0 aromatic carbocycles. The lowest BCUT2D eigenvalue weighted by Gasteiger charge is -2.40. The number of aliphatic carboxylic acids is 1. The molecule has 2 saturated carbocycles. The summed E-state index contributed by atoms with van der Waals surface area (Å²) in [5, 5.41) is 29.8. The van der Waals surface area contributed by atoms with Crippen LogP contribution in [0.5, 0.6) is 0 Å². The van der Waals surface area contributed by atoms with E-state index in [9.17, 15) is 24.9 Å². The van der Waals surface area contributed by atoms with Crippen molar-refractivity contribution in [2.24, 2.45) is 28.6 Å². The maximum Gasteiger partial charge on any atom is 0.331 e. The van der Waals surface area contributed by atoms with Crippen LogP contribution in [0, 0.1) is 28.6 Å². The predicted octanol–water partition coefficient (Wildman–Crippen LogP) is 0.602. The Hall–Kier alpha value is -1.20. The number of carbonyl (C=O) groups excluding carboxylic acids is 1. The number of aliphatic hydroxyl groups excluding tert-OH is 2. The first kappa shape index (κ1) is 13.8. The molecule has 20 heavy (non-hydrogen) atoms. The molecule has 3 aliphatic rings. The molecule has 0 saturated heterocycles. The first-order valence-electron chi connectivity index (χ1n) is 7.11. The summed E-state index contributed by atoms with van der Waals surface area (Å²) in [6.45, 7) is 1.78. The van der Waals surface area contributed by atoms with Crippen LogP contribution in [0.3, 0.4) is 0 Å². The largest absolute Gasteiger partial charge is 0.478 e. The molecule has 0 aliphatic heterocycles. The van der Waals surface area contributed by atoms with Crippen LogP contribution in [0.1, 0.15) is 26.2 Å². The van der Waals surface area contributed by atoms with E-state index in [1.807, 2.05) is 6.92 Å². The molecular formula is C15H20O5. The van der Waals surface area contributed by atoms with Crippen LogP contribution in [0.15, 0.2) is 11.6 Å². The van der Waals surface area contributed by atoms with Gasteiger partial charge in [0.25, 0.3) is 0 Å². The van der Waals surface area contributed by atoms with Crippen LogP contribution in [-0.4, -0.2) is 40.3 Å². The molecule has 2 bridgehead atoms. The molecule has 0 amide bonds. The number of rotatable bonds is 3. The molecule has 3 aliphatic carbocycles. The minimum Gasteiger partial charge on any atom is -0.478 e. The number of aliphatic hydroxyl groups is 2. The summed E-state index contributed by atoms with van der Waals surface area (Å²) in [5.74, 6) is -1.58. The summed E-state index contributed by atoms with van der Waals surface area (Å²) in [7, 11) is 0. The van der Waals surface area contributed by atoms with Gasteiger partial charge in [-0.05, 0) is 37.2 Å². The van der Waals surface area contributed by atoms with Crippen LogP contribution in [0.25, 0.3) is 0 Å². The topological polar surface area (TPSA) is 94.8 Å². The third-order valence-corrected chi connectivity index (χ3v) is 6.27. The van der Waals surface area contributed by atoms with Crippen molar-refractivity contribution in [2.75, 3.05) is 6.61 Å². The van der Waals surface area contributed by atoms with Crippen molar-refractivity contribution in [1.29, 1.82) is 0 Å². The van der Waals surface area contributed by atoms with Gasteiger partial charge < -0.3 is 20.1 Å². The molecule has 5 nitrogen and oxygen atoms in total. The molecule has 2 fully saturated rings. The smallest absolute Gasteiger partial charge is 0.331 e. The van der Waals surface area contributed by atoms with Crippen LogP contribution < -0.4 is 0 Å². The van der Waals surface area contributed by atoms with Gasteiger partial charge in [-0.25, -0.2) is 4.79 Å². The second kappa shape index (κ2) is 4.15.